The van der Waals surface area contributed by atoms with E-state index in [2.05, 4.69) is 4.37 Å². The molecule has 1 heterocycles. The zero-order valence-corrected chi connectivity index (χ0v) is 6.35. The van der Waals surface area contributed by atoms with E-state index in [1.54, 1.807) is 13.2 Å². The molecule has 0 N–H and O–H groups in total. The molecule has 1 aromatic rings. The molecule has 0 aromatic carbocycles. The normalized spacial score (nSPS) is 9.30. The van der Waals surface area contributed by atoms with Crippen molar-refractivity contribution in [3.63, 3.8) is 0 Å². The summed E-state index contributed by atoms with van der Waals surface area (Å²) >= 11 is 1.29. The number of carbonyl (C=O) groups excluding carboxylic acids is 1. The molecule has 0 saturated carbocycles. The monoisotopic (exact) mass is 157 g/mol. The van der Waals surface area contributed by atoms with Crippen molar-refractivity contribution in [3.05, 3.63) is 10.9 Å². The third-order valence-electron chi connectivity index (χ3n) is 1.03. The van der Waals surface area contributed by atoms with Gasteiger partial charge in [-0.3, -0.25) is 0 Å². The number of hydrogen-bond acceptors (Lipinski definition) is 4. The van der Waals surface area contributed by atoms with E-state index in [1.165, 1.54) is 11.5 Å². The summed E-state index contributed by atoms with van der Waals surface area (Å²) in [6, 6.07) is 1.76. The lowest BCUT2D eigenvalue weighted by atomic mass is 10.4. The van der Waals surface area contributed by atoms with Gasteiger partial charge < -0.3 is 9.53 Å². The van der Waals surface area contributed by atoms with Crippen LogP contribution in [0.4, 0.5) is 0 Å². The summed E-state index contributed by atoms with van der Waals surface area (Å²) in [5, 5.41) is 0. The predicted molar refractivity (Wildman–Crippen MR) is 38.4 cm³/mol. The molecule has 1 aromatic heterocycles. The van der Waals surface area contributed by atoms with E-state index < -0.39 is 0 Å². The fraction of sp³-hybridized carbons (Fsp3) is 0.333. The summed E-state index contributed by atoms with van der Waals surface area (Å²) in [5.41, 5.74) is 0. The van der Waals surface area contributed by atoms with Gasteiger partial charge in [0.05, 0.1) is 7.11 Å². The van der Waals surface area contributed by atoms with Crippen LogP contribution in [0.25, 0.3) is 0 Å². The Labute approximate surface area is 62.8 Å². The van der Waals surface area contributed by atoms with Gasteiger partial charge in [0, 0.05) is 17.4 Å². The minimum atomic E-state index is 0.432. The molecule has 1 rings (SSSR count). The SMILES string of the molecule is COc1cc(CC=O)sn1. The Morgan fingerprint density at radius 1 is 1.90 bits per heavy atom. The molecule has 0 amide bonds. The van der Waals surface area contributed by atoms with Crippen molar-refractivity contribution in [2.24, 2.45) is 0 Å². The van der Waals surface area contributed by atoms with Crippen molar-refractivity contribution < 1.29 is 9.53 Å². The predicted octanol–water partition coefficient (Wildman–Crippen LogP) is 0.893. The molecule has 3 nitrogen and oxygen atoms in total. The molecule has 0 aliphatic carbocycles. The van der Waals surface area contributed by atoms with E-state index in [9.17, 15) is 4.79 Å². The lowest BCUT2D eigenvalue weighted by molar-refractivity contribution is -0.107. The van der Waals surface area contributed by atoms with E-state index in [-0.39, 0.29) is 0 Å². The number of hydrogen-bond donors (Lipinski definition) is 0. The molecule has 0 fully saturated rings. The number of aldehydes is 1. The highest BCUT2D eigenvalue weighted by Gasteiger charge is 1.98. The summed E-state index contributed by atoms with van der Waals surface area (Å²) < 4.78 is 8.74. The van der Waals surface area contributed by atoms with Crippen LogP contribution in [0.2, 0.25) is 0 Å². The van der Waals surface area contributed by atoms with Crippen LogP contribution < -0.4 is 4.74 Å². The van der Waals surface area contributed by atoms with Gasteiger partial charge in [0.1, 0.15) is 6.29 Å². The van der Waals surface area contributed by atoms with Crippen molar-refractivity contribution in [3.8, 4) is 5.88 Å². The number of methoxy groups -OCH3 is 1. The Morgan fingerprint density at radius 2 is 2.70 bits per heavy atom. The lowest BCUT2D eigenvalue weighted by Crippen LogP contribution is -1.80. The maximum Gasteiger partial charge on any atom is 0.225 e. The van der Waals surface area contributed by atoms with E-state index in [0.717, 1.165) is 11.2 Å². The van der Waals surface area contributed by atoms with Gasteiger partial charge in [0.15, 0.2) is 0 Å². The van der Waals surface area contributed by atoms with Gasteiger partial charge in [0.25, 0.3) is 0 Å². The van der Waals surface area contributed by atoms with Gasteiger partial charge in [-0.2, -0.15) is 4.37 Å². The largest absolute Gasteiger partial charge is 0.480 e. The minimum absolute atomic E-state index is 0.432. The fourth-order valence-corrected chi connectivity index (χ4v) is 1.20. The van der Waals surface area contributed by atoms with Crippen LogP contribution in [0.15, 0.2) is 6.07 Å². The Morgan fingerprint density at radius 3 is 3.20 bits per heavy atom. The van der Waals surface area contributed by atoms with Crippen molar-refractivity contribution in [1.82, 2.24) is 4.37 Å². The standard InChI is InChI=1S/C6H7NO2S/c1-9-6-4-5(2-3-8)10-7-6/h3-4H,2H2,1H3. The zero-order chi connectivity index (χ0) is 7.40. The van der Waals surface area contributed by atoms with Gasteiger partial charge >= 0.3 is 0 Å². The Hall–Kier alpha value is -0.900. The summed E-state index contributed by atoms with van der Waals surface area (Å²) in [7, 11) is 1.56. The summed E-state index contributed by atoms with van der Waals surface area (Å²) in [6.45, 7) is 0. The molecular weight excluding hydrogens is 150 g/mol. The molecule has 0 spiro atoms. The van der Waals surface area contributed by atoms with Crippen LogP contribution in [-0.2, 0) is 11.2 Å². The quantitative estimate of drug-likeness (QED) is 0.612. The third-order valence-corrected chi connectivity index (χ3v) is 1.82. The number of aromatic nitrogens is 1. The van der Waals surface area contributed by atoms with Gasteiger partial charge in [-0.05, 0) is 11.5 Å². The lowest BCUT2D eigenvalue weighted by Gasteiger charge is -1.85. The van der Waals surface area contributed by atoms with Crippen molar-refractivity contribution in [1.29, 1.82) is 0 Å². The maximum absolute atomic E-state index is 10.0. The molecule has 0 unspecified atom stereocenters. The van der Waals surface area contributed by atoms with E-state index >= 15 is 0 Å². The molecule has 0 saturated heterocycles. The summed E-state index contributed by atoms with van der Waals surface area (Å²) in [5.74, 6) is 0.585. The number of ether oxygens (including phenoxy) is 1. The summed E-state index contributed by atoms with van der Waals surface area (Å²) in [6.07, 6.45) is 1.29. The van der Waals surface area contributed by atoms with Gasteiger partial charge in [-0.1, -0.05) is 0 Å². The Kier molecular flexibility index (Phi) is 2.39. The van der Waals surface area contributed by atoms with Crippen LogP contribution in [0, 0.1) is 0 Å². The second-order valence-electron chi connectivity index (χ2n) is 1.71. The highest BCUT2D eigenvalue weighted by atomic mass is 32.1. The second-order valence-corrected chi connectivity index (χ2v) is 2.60. The molecular formula is C6H7NO2S. The molecule has 0 radical (unpaired) electrons. The average molecular weight is 157 g/mol. The first-order chi connectivity index (χ1) is 4.86. The van der Waals surface area contributed by atoms with Crippen molar-refractivity contribution >= 4 is 17.8 Å². The van der Waals surface area contributed by atoms with Crippen LogP contribution in [-0.4, -0.2) is 17.8 Å². The molecule has 0 aliphatic rings. The maximum atomic E-state index is 10.0. The average Bonchev–Trinajstić information content (AvgIpc) is 2.37. The van der Waals surface area contributed by atoms with E-state index in [1.807, 2.05) is 0 Å². The first kappa shape index (κ1) is 7.21. The molecule has 0 atom stereocenters. The Balaban J connectivity index is 2.67. The highest BCUT2D eigenvalue weighted by molar-refractivity contribution is 7.06. The van der Waals surface area contributed by atoms with Crippen LogP contribution in [0.1, 0.15) is 4.88 Å². The molecule has 0 aliphatic heterocycles. The zero-order valence-electron chi connectivity index (χ0n) is 5.53. The van der Waals surface area contributed by atoms with E-state index in [0.29, 0.717) is 12.3 Å². The molecule has 4 heteroatoms. The van der Waals surface area contributed by atoms with Gasteiger partial charge in [-0.15, -0.1) is 0 Å². The van der Waals surface area contributed by atoms with Crippen LogP contribution >= 0.6 is 11.5 Å². The van der Waals surface area contributed by atoms with Crippen molar-refractivity contribution in [2.45, 2.75) is 6.42 Å². The molecule has 54 valence electrons. The van der Waals surface area contributed by atoms with Crippen LogP contribution in [0.5, 0.6) is 5.88 Å². The third kappa shape index (κ3) is 1.54. The number of rotatable bonds is 3. The highest BCUT2D eigenvalue weighted by Crippen LogP contribution is 2.15. The van der Waals surface area contributed by atoms with Gasteiger partial charge in [0.2, 0.25) is 5.88 Å². The molecule has 0 bridgehead atoms. The fourth-order valence-electron chi connectivity index (χ4n) is 0.569. The minimum Gasteiger partial charge on any atom is -0.480 e. The smallest absolute Gasteiger partial charge is 0.225 e. The van der Waals surface area contributed by atoms with E-state index in [4.69, 9.17) is 4.74 Å². The van der Waals surface area contributed by atoms with Gasteiger partial charge in [-0.25, -0.2) is 0 Å². The van der Waals surface area contributed by atoms with Crippen molar-refractivity contribution in [2.75, 3.05) is 7.11 Å². The second kappa shape index (κ2) is 3.31. The first-order valence-corrected chi connectivity index (χ1v) is 3.57. The number of carbonyl (C=O) groups is 1. The number of nitrogens with zero attached hydrogens (tertiary/aromatic N) is 1. The Bertz CT molecular complexity index is 221. The molecule has 10 heavy (non-hydrogen) atoms. The first-order valence-electron chi connectivity index (χ1n) is 2.80. The topological polar surface area (TPSA) is 39.2 Å². The van der Waals surface area contributed by atoms with Crippen LogP contribution in [0.3, 0.4) is 0 Å². The summed E-state index contributed by atoms with van der Waals surface area (Å²) in [4.78, 5) is 10.9.